The lowest BCUT2D eigenvalue weighted by molar-refractivity contribution is -0.129. The Morgan fingerprint density at radius 3 is 2.24 bits per heavy atom. The second-order valence-electron chi connectivity index (χ2n) is 6.70. The summed E-state index contributed by atoms with van der Waals surface area (Å²) in [6.45, 7) is 5.98. The Bertz CT molecular complexity index is 683. The van der Waals surface area contributed by atoms with Crippen LogP contribution in [0.5, 0.6) is 11.5 Å². The van der Waals surface area contributed by atoms with Gasteiger partial charge in [-0.05, 0) is 44.4 Å². The van der Waals surface area contributed by atoms with E-state index >= 15 is 0 Å². The zero-order valence-electron chi connectivity index (χ0n) is 15.4. The Balaban J connectivity index is 2.03. The van der Waals surface area contributed by atoms with Crippen LogP contribution >= 0.6 is 0 Å². The Kier molecular flexibility index (Phi) is 6.45. The minimum atomic E-state index is -0.564. The Morgan fingerprint density at radius 2 is 1.64 bits per heavy atom. The molecule has 0 unspecified atom stereocenters. The summed E-state index contributed by atoms with van der Waals surface area (Å²) >= 11 is 0. The molecule has 0 aromatic heterocycles. The number of rotatable bonds is 8. The average Bonchev–Trinajstić information content (AvgIpc) is 2.59. The molecule has 0 saturated carbocycles. The van der Waals surface area contributed by atoms with Crippen molar-refractivity contribution in [3.8, 4) is 11.5 Å². The van der Waals surface area contributed by atoms with Gasteiger partial charge in [0.05, 0.1) is 7.11 Å². The van der Waals surface area contributed by atoms with Gasteiger partial charge in [-0.2, -0.15) is 0 Å². The number of benzene rings is 2. The lowest BCUT2D eigenvalue weighted by Gasteiger charge is -2.29. The number of ether oxygens (including phenoxy) is 2. The fourth-order valence-corrected chi connectivity index (χ4v) is 2.76. The highest BCUT2D eigenvalue weighted by Gasteiger charge is 2.27. The molecule has 25 heavy (non-hydrogen) atoms. The number of hydrogen-bond acceptors (Lipinski definition) is 3. The van der Waals surface area contributed by atoms with Gasteiger partial charge in [-0.25, -0.2) is 0 Å². The number of para-hydroxylation sites is 2. The van der Waals surface area contributed by atoms with Crippen LogP contribution in [0.2, 0.25) is 0 Å². The number of carbonyl (C=O) groups excluding carboxylic acids is 1. The van der Waals surface area contributed by atoms with Crippen molar-refractivity contribution in [3.63, 3.8) is 0 Å². The summed E-state index contributed by atoms with van der Waals surface area (Å²) in [6, 6.07) is 17.5. The van der Waals surface area contributed by atoms with Gasteiger partial charge in [0.1, 0.15) is 0 Å². The molecule has 0 bridgehead atoms. The van der Waals surface area contributed by atoms with E-state index < -0.39 is 6.10 Å². The molecule has 0 aliphatic carbocycles. The van der Waals surface area contributed by atoms with Crippen molar-refractivity contribution in [3.05, 3.63) is 60.2 Å². The number of carbonyl (C=O) groups is 1. The lowest BCUT2D eigenvalue weighted by atomic mass is 9.94. The highest BCUT2D eigenvalue weighted by atomic mass is 16.5. The third-order valence-electron chi connectivity index (χ3n) is 3.95. The van der Waals surface area contributed by atoms with Gasteiger partial charge < -0.3 is 14.8 Å². The van der Waals surface area contributed by atoms with Gasteiger partial charge in [0.25, 0.3) is 5.91 Å². The van der Waals surface area contributed by atoms with E-state index in [0.717, 1.165) is 6.42 Å². The van der Waals surface area contributed by atoms with E-state index in [4.69, 9.17) is 9.47 Å². The van der Waals surface area contributed by atoms with Crippen LogP contribution in [-0.2, 0) is 11.2 Å². The van der Waals surface area contributed by atoms with Crippen LogP contribution in [0.1, 0.15) is 32.8 Å². The van der Waals surface area contributed by atoms with E-state index in [1.54, 1.807) is 7.11 Å². The Hall–Kier alpha value is -2.49. The minimum Gasteiger partial charge on any atom is -0.493 e. The second-order valence-corrected chi connectivity index (χ2v) is 6.70. The number of nitrogens with one attached hydrogen (secondary N) is 1. The molecule has 1 amide bonds. The standard InChI is InChI=1S/C21H27NO3/c1-5-17(25-19-14-10-9-13-18(19)24-4)20(23)22-21(2,3)15-16-11-7-6-8-12-16/h6-14,17H,5,15H2,1-4H3,(H,22,23)/t17-/m0/s1. The normalized spacial score (nSPS) is 12.3. The van der Waals surface area contributed by atoms with Gasteiger partial charge in [0.15, 0.2) is 17.6 Å². The van der Waals surface area contributed by atoms with E-state index in [2.05, 4.69) is 17.4 Å². The van der Waals surface area contributed by atoms with Crippen molar-refractivity contribution in [1.29, 1.82) is 0 Å². The molecule has 2 rings (SSSR count). The van der Waals surface area contributed by atoms with Crippen molar-refractivity contribution >= 4 is 5.91 Å². The fourth-order valence-electron chi connectivity index (χ4n) is 2.76. The van der Waals surface area contributed by atoms with Gasteiger partial charge in [-0.3, -0.25) is 4.79 Å². The summed E-state index contributed by atoms with van der Waals surface area (Å²) < 4.78 is 11.2. The quantitative estimate of drug-likeness (QED) is 0.790. The average molecular weight is 341 g/mol. The first-order valence-corrected chi connectivity index (χ1v) is 8.61. The van der Waals surface area contributed by atoms with Crippen LogP contribution < -0.4 is 14.8 Å². The molecule has 0 spiro atoms. The van der Waals surface area contributed by atoms with Gasteiger partial charge >= 0.3 is 0 Å². The molecule has 0 aliphatic heterocycles. The maximum Gasteiger partial charge on any atom is 0.261 e. The summed E-state index contributed by atoms with van der Waals surface area (Å²) in [5.41, 5.74) is 0.821. The molecular formula is C21H27NO3. The molecule has 0 aliphatic rings. The first kappa shape index (κ1) is 18.8. The third kappa shape index (κ3) is 5.52. The van der Waals surface area contributed by atoms with E-state index in [1.165, 1.54) is 5.56 Å². The molecular weight excluding hydrogens is 314 g/mol. The van der Waals surface area contributed by atoms with Crippen LogP contribution in [0.15, 0.2) is 54.6 Å². The summed E-state index contributed by atoms with van der Waals surface area (Å²) in [4.78, 5) is 12.7. The smallest absolute Gasteiger partial charge is 0.261 e. The summed E-state index contributed by atoms with van der Waals surface area (Å²) in [7, 11) is 1.59. The highest BCUT2D eigenvalue weighted by molar-refractivity contribution is 5.81. The zero-order chi connectivity index (χ0) is 18.3. The Labute approximate surface area is 150 Å². The van der Waals surface area contributed by atoms with Gasteiger partial charge in [0, 0.05) is 5.54 Å². The fraction of sp³-hybridized carbons (Fsp3) is 0.381. The molecule has 0 radical (unpaired) electrons. The molecule has 0 saturated heterocycles. The van der Waals surface area contributed by atoms with Gasteiger partial charge in [-0.15, -0.1) is 0 Å². The first-order chi connectivity index (χ1) is 11.9. The molecule has 4 heteroatoms. The summed E-state index contributed by atoms with van der Waals surface area (Å²) in [5, 5.41) is 3.11. The van der Waals surface area contributed by atoms with E-state index in [9.17, 15) is 4.79 Å². The molecule has 0 heterocycles. The topological polar surface area (TPSA) is 47.6 Å². The Morgan fingerprint density at radius 1 is 1.04 bits per heavy atom. The van der Waals surface area contributed by atoms with Crippen LogP contribution in [0.4, 0.5) is 0 Å². The second kappa shape index (κ2) is 8.56. The van der Waals surface area contributed by atoms with E-state index in [1.807, 2.05) is 63.2 Å². The first-order valence-electron chi connectivity index (χ1n) is 8.61. The molecule has 2 aromatic rings. The summed E-state index contributed by atoms with van der Waals surface area (Å²) in [5.74, 6) is 1.08. The van der Waals surface area contributed by atoms with Crippen molar-refractivity contribution < 1.29 is 14.3 Å². The van der Waals surface area contributed by atoms with E-state index in [-0.39, 0.29) is 11.4 Å². The van der Waals surface area contributed by atoms with Crippen molar-refractivity contribution in [1.82, 2.24) is 5.32 Å². The molecule has 1 N–H and O–H groups in total. The lowest BCUT2D eigenvalue weighted by Crippen LogP contribution is -2.50. The van der Waals surface area contributed by atoms with Crippen molar-refractivity contribution in [2.24, 2.45) is 0 Å². The molecule has 1 atom stereocenters. The molecule has 2 aromatic carbocycles. The number of methoxy groups -OCH3 is 1. The van der Waals surface area contributed by atoms with Crippen LogP contribution in [0.25, 0.3) is 0 Å². The third-order valence-corrected chi connectivity index (χ3v) is 3.95. The van der Waals surface area contributed by atoms with E-state index in [0.29, 0.717) is 17.9 Å². The van der Waals surface area contributed by atoms with Gasteiger partial charge in [-0.1, -0.05) is 49.4 Å². The van der Waals surface area contributed by atoms with Crippen molar-refractivity contribution in [2.75, 3.05) is 7.11 Å². The predicted octanol–water partition coefficient (Wildman–Crippen LogP) is 3.99. The predicted molar refractivity (Wildman–Crippen MR) is 100 cm³/mol. The van der Waals surface area contributed by atoms with Crippen molar-refractivity contribution in [2.45, 2.75) is 45.3 Å². The maximum atomic E-state index is 12.7. The van der Waals surface area contributed by atoms with Crippen LogP contribution in [0, 0.1) is 0 Å². The number of hydrogen-bond donors (Lipinski definition) is 1. The maximum absolute atomic E-state index is 12.7. The molecule has 134 valence electrons. The SMILES string of the molecule is CC[C@H](Oc1ccccc1OC)C(=O)NC(C)(C)Cc1ccccc1. The van der Waals surface area contributed by atoms with Crippen LogP contribution in [-0.4, -0.2) is 24.7 Å². The number of amides is 1. The van der Waals surface area contributed by atoms with Gasteiger partial charge in [0.2, 0.25) is 0 Å². The van der Waals surface area contributed by atoms with Crippen LogP contribution in [0.3, 0.4) is 0 Å². The minimum absolute atomic E-state index is 0.116. The molecule has 0 fully saturated rings. The monoisotopic (exact) mass is 341 g/mol. The highest BCUT2D eigenvalue weighted by Crippen LogP contribution is 2.27. The molecule has 4 nitrogen and oxygen atoms in total. The zero-order valence-corrected chi connectivity index (χ0v) is 15.4. The largest absolute Gasteiger partial charge is 0.493 e. The summed E-state index contributed by atoms with van der Waals surface area (Å²) in [6.07, 6.45) is 0.766.